The number of amides is 1. The molecule has 0 saturated carbocycles. The molecule has 2 rings (SSSR count). The average molecular weight is 429 g/mol. The van der Waals surface area contributed by atoms with Crippen LogP contribution in [0.1, 0.15) is 32.8 Å². The molecule has 0 bridgehead atoms. The van der Waals surface area contributed by atoms with E-state index in [0.29, 0.717) is 10.8 Å². The van der Waals surface area contributed by atoms with Gasteiger partial charge in [-0.15, -0.1) is 10.2 Å². The Morgan fingerprint density at radius 1 is 1.26 bits per heavy atom. The molecule has 1 amide bonds. The van der Waals surface area contributed by atoms with E-state index in [2.05, 4.69) is 22.4 Å². The number of thioether (sulfide) groups is 1. The maximum atomic E-state index is 12.6. The number of carbonyl (C=O) groups is 1. The summed E-state index contributed by atoms with van der Waals surface area (Å²) in [7, 11) is -3.65. The van der Waals surface area contributed by atoms with Crippen molar-refractivity contribution in [3.8, 4) is 0 Å². The predicted molar refractivity (Wildman–Crippen MR) is 112 cm³/mol. The molecule has 1 aromatic heterocycles. The van der Waals surface area contributed by atoms with Crippen molar-refractivity contribution in [3.05, 3.63) is 29.8 Å². The fourth-order valence-electron chi connectivity index (χ4n) is 2.41. The lowest BCUT2D eigenvalue weighted by atomic mass is 10.1. The van der Waals surface area contributed by atoms with Crippen molar-refractivity contribution in [2.75, 3.05) is 21.6 Å². The standard InChI is InChI=1S/C17H24N4O3S3/c1-5-11-25-17-20-19-16(26-17)18-15(22)12(3)21(27(4,23)24)14-9-7-13(6-2)8-10-14/h7-10,12H,5-6,11H2,1-4H3,(H,18,19,22)/t12-/m1/s1. The number of nitrogens with one attached hydrogen (secondary N) is 1. The highest BCUT2D eigenvalue weighted by atomic mass is 32.2. The molecule has 10 heteroatoms. The van der Waals surface area contributed by atoms with Gasteiger partial charge in [0.1, 0.15) is 6.04 Å². The lowest BCUT2D eigenvalue weighted by Gasteiger charge is -2.28. The van der Waals surface area contributed by atoms with Crippen molar-refractivity contribution >= 4 is 49.8 Å². The molecule has 0 aliphatic carbocycles. The third-order valence-corrected chi connectivity index (χ3v) is 7.17. The van der Waals surface area contributed by atoms with Crippen molar-refractivity contribution in [2.24, 2.45) is 0 Å². The number of hydrogen-bond acceptors (Lipinski definition) is 7. The minimum Gasteiger partial charge on any atom is -0.299 e. The van der Waals surface area contributed by atoms with E-state index in [1.165, 1.54) is 11.3 Å². The van der Waals surface area contributed by atoms with Crippen LogP contribution in [0.25, 0.3) is 0 Å². The second-order valence-corrected chi connectivity index (χ2v) is 10.1. The Morgan fingerprint density at radius 2 is 1.93 bits per heavy atom. The van der Waals surface area contributed by atoms with E-state index in [9.17, 15) is 13.2 Å². The third-order valence-electron chi connectivity index (χ3n) is 3.75. The largest absolute Gasteiger partial charge is 0.299 e. The van der Waals surface area contributed by atoms with E-state index in [-0.39, 0.29) is 0 Å². The Kier molecular flexibility index (Phi) is 7.63. The highest BCUT2D eigenvalue weighted by molar-refractivity contribution is 8.01. The van der Waals surface area contributed by atoms with Gasteiger partial charge in [-0.25, -0.2) is 8.42 Å². The smallest absolute Gasteiger partial charge is 0.249 e. The molecule has 7 nitrogen and oxygen atoms in total. The molecule has 0 fully saturated rings. The van der Waals surface area contributed by atoms with Crippen LogP contribution in [-0.4, -0.2) is 42.6 Å². The minimum atomic E-state index is -3.65. The van der Waals surface area contributed by atoms with Gasteiger partial charge in [0, 0.05) is 5.75 Å². The van der Waals surface area contributed by atoms with Gasteiger partial charge < -0.3 is 0 Å². The van der Waals surface area contributed by atoms with Crippen molar-refractivity contribution in [2.45, 2.75) is 44.0 Å². The Balaban J connectivity index is 2.17. The zero-order valence-electron chi connectivity index (χ0n) is 15.8. The van der Waals surface area contributed by atoms with Crippen LogP contribution in [0.3, 0.4) is 0 Å². The monoisotopic (exact) mass is 428 g/mol. The van der Waals surface area contributed by atoms with Crippen molar-refractivity contribution in [1.82, 2.24) is 10.2 Å². The molecular weight excluding hydrogens is 404 g/mol. The molecule has 0 aliphatic heterocycles. The minimum absolute atomic E-state index is 0.361. The van der Waals surface area contributed by atoms with Crippen LogP contribution in [-0.2, 0) is 21.2 Å². The summed E-state index contributed by atoms with van der Waals surface area (Å²) in [5.41, 5.74) is 1.55. The van der Waals surface area contributed by atoms with Gasteiger partial charge in [-0.1, -0.05) is 49.1 Å². The van der Waals surface area contributed by atoms with Gasteiger partial charge in [0.15, 0.2) is 4.34 Å². The lowest BCUT2D eigenvalue weighted by molar-refractivity contribution is -0.116. The SMILES string of the molecule is CCCSc1nnc(NC(=O)[C@@H](C)N(c2ccc(CC)cc2)S(C)(=O)=O)s1. The molecule has 1 aromatic carbocycles. The predicted octanol–water partition coefficient (Wildman–Crippen LogP) is 3.40. The van der Waals surface area contributed by atoms with Crippen LogP contribution in [0, 0.1) is 0 Å². The second-order valence-electron chi connectivity index (χ2n) is 5.97. The summed E-state index contributed by atoms with van der Waals surface area (Å²) < 4.78 is 26.5. The maximum Gasteiger partial charge on any atom is 0.249 e. The average Bonchev–Trinajstić information content (AvgIpc) is 3.06. The zero-order valence-corrected chi connectivity index (χ0v) is 18.2. The Labute approximate surface area is 168 Å². The van der Waals surface area contributed by atoms with Gasteiger partial charge in [-0.05, 0) is 37.5 Å². The van der Waals surface area contributed by atoms with Crippen molar-refractivity contribution < 1.29 is 13.2 Å². The molecule has 27 heavy (non-hydrogen) atoms. The molecule has 1 heterocycles. The fraction of sp³-hybridized carbons (Fsp3) is 0.471. The molecule has 1 atom stereocenters. The summed E-state index contributed by atoms with van der Waals surface area (Å²) in [4.78, 5) is 12.6. The highest BCUT2D eigenvalue weighted by Crippen LogP contribution is 2.27. The van der Waals surface area contributed by atoms with Gasteiger partial charge in [0.2, 0.25) is 21.1 Å². The number of sulfonamides is 1. The topological polar surface area (TPSA) is 92.3 Å². The van der Waals surface area contributed by atoms with E-state index in [1.54, 1.807) is 30.8 Å². The van der Waals surface area contributed by atoms with Gasteiger partial charge in [0.05, 0.1) is 11.9 Å². The van der Waals surface area contributed by atoms with E-state index < -0.39 is 22.0 Å². The van der Waals surface area contributed by atoms with Gasteiger partial charge in [-0.2, -0.15) is 0 Å². The number of aryl methyl sites for hydroxylation is 1. The number of hydrogen-bond donors (Lipinski definition) is 1. The Hall–Kier alpha value is -1.65. The number of rotatable bonds is 9. The van der Waals surface area contributed by atoms with Crippen LogP contribution < -0.4 is 9.62 Å². The number of aromatic nitrogens is 2. The van der Waals surface area contributed by atoms with Crippen LogP contribution in [0.15, 0.2) is 28.6 Å². The number of nitrogens with zero attached hydrogens (tertiary/aromatic N) is 3. The van der Waals surface area contributed by atoms with E-state index in [1.807, 2.05) is 19.1 Å². The van der Waals surface area contributed by atoms with Gasteiger partial charge in [-0.3, -0.25) is 14.4 Å². The molecule has 0 aliphatic rings. The van der Waals surface area contributed by atoms with Crippen LogP contribution in [0.5, 0.6) is 0 Å². The normalized spacial score (nSPS) is 12.6. The fourth-order valence-corrected chi connectivity index (χ4v) is 5.26. The molecule has 0 radical (unpaired) electrons. The second kappa shape index (κ2) is 9.52. The molecule has 148 valence electrons. The van der Waals surface area contributed by atoms with E-state index >= 15 is 0 Å². The van der Waals surface area contributed by atoms with E-state index in [4.69, 9.17) is 0 Å². The Morgan fingerprint density at radius 3 is 2.48 bits per heavy atom. The summed E-state index contributed by atoms with van der Waals surface area (Å²) in [5, 5.41) is 11.0. The lowest BCUT2D eigenvalue weighted by Crippen LogP contribution is -2.45. The number of anilines is 2. The van der Waals surface area contributed by atoms with Crippen molar-refractivity contribution in [3.63, 3.8) is 0 Å². The summed E-state index contributed by atoms with van der Waals surface area (Å²) in [5.74, 6) is 0.470. The summed E-state index contributed by atoms with van der Waals surface area (Å²) >= 11 is 2.85. The highest BCUT2D eigenvalue weighted by Gasteiger charge is 2.29. The molecule has 0 saturated heterocycles. The molecule has 0 unspecified atom stereocenters. The first-order valence-corrected chi connectivity index (χ1v) is 12.3. The summed E-state index contributed by atoms with van der Waals surface area (Å²) in [6.07, 6.45) is 2.96. The molecule has 2 aromatic rings. The quantitative estimate of drug-likeness (QED) is 0.486. The number of carbonyl (C=O) groups excluding carboxylic acids is 1. The summed E-state index contributed by atoms with van der Waals surface area (Å²) in [6.45, 7) is 5.65. The van der Waals surface area contributed by atoms with E-state index in [0.717, 1.165) is 39.1 Å². The molecule has 0 spiro atoms. The van der Waals surface area contributed by atoms with Gasteiger partial charge in [0.25, 0.3) is 0 Å². The van der Waals surface area contributed by atoms with Crippen LogP contribution in [0.2, 0.25) is 0 Å². The van der Waals surface area contributed by atoms with Crippen LogP contribution >= 0.6 is 23.1 Å². The zero-order chi connectivity index (χ0) is 20.0. The first kappa shape index (κ1) is 21.6. The summed E-state index contributed by atoms with van der Waals surface area (Å²) in [6, 6.07) is 6.23. The van der Waals surface area contributed by atoms with Crippen molar-refractivity contribution in [1.29, 1.82) is 0 Å². The van der Waals surface area contributed by atoms with Crippen LogP contribution in [0.4, 0.5) is 10.8 Å². The molecular formula is C17H24N4O3S3. The Bertz CT molecular complexity index is 866. The first-order valence-electron chi connectivity index (χ1n) is 8.61. The third kappa shape index (κ3) is 5.91. The molecule has 1 N–H and O–H groups in total. The first-order chi connectivity index (χ1) is 12.8. The number of benzene rings is 1. The maximum absolute atomic E-state index is 12.6. The van der Waals surface area contributed by atoms with Gasteiger partial charge >= 0.3 is 0 Å².